The normalized spacial score (nSPS) is 35.5. The summed E-state index contributed by atoms with van der Waals surface area (Å²) < 4.78 is 28.9. The van der Waals surface area contributed by atoms with E-state index in [4.69, 9.17) is 5.11 Å². The number of rotatable bonds is 4. The highest BCUT2D eigenvalue weighted by molar-refractivity contribution is 7.87. The van der Waals surface area contributed by atoms with Crippen LogP contribution in [0.2, 0.25) is 0 Å². The van der Waals surface area contributed by atoms with Crippen LogP contribution in [0.4, 0.5) is 0 Å². The monoisotopic (exact) mass is 318 g/mol. The molecule has 1 saturated carbocycles. The highest BCUT2D eigenvalue weighted by Crippen LogP contribution is 2.30. The van der Waals surface area contributed by atoms with E-state index in [-0.39, 0.29) is 12.6 Å². The maximum absolute atomic E-state index is 12.4. The molecule has 0 radical (unpaired) electrons. The second kappa shape index (κ2) is 6.62. The molecule has 6 nitrogen and oxygen atoms in total. The van der Waals surface area contributed by atoms with Crippen molar-refractivity contribution in [1.82, 2.24) is 9.03 Å². The number of carboxylic acids is 1. The van der Waals surface area contributed by atoms with Gasteiger partial charge in [0.05, 0.1) is 5.92 Å². The summed E-state index contributed by atoms with van der Waals surface area (Å²) in [4.78, 5) is 11.1. The molecule has 2 rings (SSSR count). The van der Waals surface area contributed by atoms with Gasteiger partial charge in [-0.25, -0.2) is 0 Å². The van der Waals surface area contributed by atoms with Gasteiger partial charge in [0.25, 0.3) is 10.2 Å². The van der Waals surface area contributed by atoms with Gasteiger partial charge in [0.15, 0.2) is 0 Å². The third-order valence-electron chi connectivity index (χ3n) is 4.99. The lowest BCUT2D eigenvalue weighted by atomic mass is 9.79. The number of carbonyl (C=O) groups is 1. The topological polar surface area (TPSA) is 86.7 Å². The van der Waals surface area contributed by atoms with Crippen LogP contribution < -0.4 is 4.72 Å². The van der Waals surface area contributed by atoms with Gasteiger partial charge in [-0.2, -0.15) is 17.4 Å². The van der Waals surface area contributed by atoms with Gasteiger partial charge in [-0.1, -0.05) is 13.8 Å². The summed E-state index contributed by atoms with van der Waals surface area (Å²) in [5, 5.41) is 9.07. The Balaban J connectivity index is 1.96. The van der Waals surface area contributed by atoms with Crippen LogP contribution in [0.15, 0.2) is 0 Å². The van der Waals surface area contributed by atoms with Crippen molar-refractivity contribution in [3.05, 3.63) is 0 Å². The Morgan fingerprint density at radius 2 is 1.90 bits per heavy atom. The highest BCUT2D eigenvalue weighted by Gasteiger charge is 2.34. The maximum Gasteiger partial charge on any atom is 0.307 e. The number of nitrogens with one attached hydrogen (secondary N) is 1. The van der Waals surface area contributed by atoms with Crippen LogP contribution >= 0.6 is 0 Å². The molecule has 1 aliphatic heterocycles. The Kier molecular flexibility index (Phi) is 5.27. The van der Waals surface area contributed by atoms with Gasteiger partial charge in [-0.15, -0.1) is 0 Å². The second-order valence-electron chi connectivity index (χ2n) is 6.62. The van der Waals surface area contributed by atoms with Crippen LogP contribution in [0.1, 0.15) is 46.0 Å². The molecule has 21 heavy (non-hydrogen) atoms. The molecule has 1 heterocycles. The molecule has 0 aromatic rings. The fourth-order valence-corrected chi connectivity index (χ4v) is 4.83. The van der Waals surface area contributed by atoms with Crippen molar-refractivity contribution < 1.29 is 18.3 Å². The first kappa shape index (κ1) is 16.7. The summed E-state index contributed by atoms with van der Waals surface area (Å²) in [5.41, 5.74) is 0. The molecule has 122 valence electrons. The minimum Gasteiger partial charge on any atom is -0.481 e. The van der Waals surface area contributed by atoms with E-state index in [0.717, 1.165) is 19.3 Å². The average molecular weight is 318 g/mol. The quantitative estimate of drug-likeness (QED) is 0.821. The molecule has 2 N–H and O–H groups in total. The van der Waals surface area contributed by atoms with Crippen LogP contribution in [0.25, 0.3) is 0 Å². The molecule has 1 aliphatic carbocycles. The third-order valence-corrected chi connectivity index (χ3v) is 6.63. The zero-order valence-corrected chi connectivity index (χ0v) is 13.6. The molecule has 7 heteroatoms. The van der Waals surface area contributed by atoms with E-state index in [0.29, 0.717) is 31.2 Å². The summed E-state index contributed by atoms with van der Waals surface area (Å²) in [6, 6.07) is -0.0218. The van der Waals surface area contributed by atoms with E-state index in [1.165, 1.54) is 4.31 Å². The lowest BCUT2D eigenvalue weighted by molar-refractivity contribution is -0.142. The Bertz CT molecular complexity index is 479. The Morgan fingerprint density at radius 3 is 2.52 bits per heavy atom. The van der Waals surface area contributed by atoms with E-state index in [2.05, 4.69) is 18.6 Å². The molecule has 2 aliphatic rings. The van der Waals surface area contributed by atoms with Gasteiger partial charge in [0, 0.05) is 19.1 Å². The molecule has 4 unspecified atom stereocenters. The number of piperidine rings is 1. The van der Waals surface area contributed by atoms with Crippen LogP contribution in [0, 0.1) is 17.8 Å². The van der Waals surface area contributed by atoms with Crippen molar-refractivity contribution in [3.63, 3.8) is 0 Å². The van der Waals surface area contributed by atoms with Gasteiger partial charge in [-0.05, 0) is 43.9 Å². The number of nitrogens with zero attached hydrogens (tertiary/aromatic N) is 1. The van der Waals surface area contributed by atoms with E-state index < -0.39 is 22.1 Å². The highest BCUT2D eigenvalue weighted by atomic mass is 32.2. The van der Waals surface area contributed by atoms with E-state index >= 15 is 0 Å². The Hall–Kier alpha value is -0.660. The zero-order chi connectivity index (χ0) is 15.6. The first-order valence-electron chi connectivity index (χ1n) is 7.80. The minimum atomic E-state index is -3.57. The van der Waals surface area contributed by atoms with Gasteiger partial charge in [-0.3, -0.25) is 4.79 Å². The number of aliphatic carboxylic acids is 1. The maximum atomic E-state index is 12.4. The lowest BCUT2D eigenvalue weighted by Gasteiger charge is -2.35. The van der Waals surface area contributed by atoms with Crippen LogP contribution in [-0.2, 0) is 15.0 Å². The fourth-order valence-electron chi connectivity index (χ4n) is 3.30. The van der Waals surface area contributed by atoms with E-state index in [1.54, 1.807) is 0 Å². The summed E-state index contributed by atoms with van der Waals surface area (Å²) in [5.74, 6) is -0.340. The van der Waals surface area contributed by atoms with Crippen molar-refractivity contribution in [2.45, 2.75) is 52.0 Å². The standard InChI is InChI=1S/C14H26N2O4S/c1-10-5-6-13(8-11(10)2)15-21(19,20)16-7-3-4-12(9-16)14(17)18/h10-13,15H,3-9H2,1-2H3,(H,17,18). The summed E-state index contributed by atoms with van der Waals surface area (Å²) in [6.07, 6.45) is 3.92. The van der Waals surface area contributed by atoms with Crippen molar-refractivity contribution in [1.29, 1.82) is 0 Å². The lowest BCUT2D eigenvalue weighted by Crippen LogP contribution is -2.51. The summed E-state index contributed by atoms with van der Waals surface area (Å²) in [7, 11) is -3.57. The first-order chi connectivity index (χ1) is 9.79. The van der Waals surface area contributed by atoms with Gasteiger partial charge in [0.1, 0.15) is 0 Å². The zero-order valence-electron chi connectivity index (χ0n) is 12.8. The summed E-state index contributed by atoms with van der Waals surface area (Å²) >= 11 is 0. The van der Waals surface area contributed by atoms with Crippen molar-refractivity contribution in [3.8, 4) is 0 Å². The Morgan fingerprint density at radius 1 is 1.19 bits per heavy atom. The molecule has 1 saturated heterocycles. The molecular weight excluding hydrogens is 292 g/mol. The number of hydrogen-bond donors (Lipinski definition) is 2. The molecule has 4 atom stereocenters. The average Bonchev–Trinajstić information content (AvgIpc) is 2.43. The largest absolute Gasteiger partial charge is 0.481 e. The van der Waals surface area contributed by atoms with Gasteiger partial charge >= 0.3 is 5.97 Å². The molecular formula is C14H26N2O4S. The Labute approximate surface area is 127 Å². The molecule has 0 amide bonds. The molecule has 0 spiro atoms. The van der Waals surface area contributed by atoms with Crippen LogP contribution in [0.5, 0.6) is 0 Å². The molecule has 0 aromatic heterocycles. The van der Waals surface area contributed by atoms with Gasteiger partial charge in [0.2, 0.25) is 0 Å². The smallest absolute Gasteiger partial charge is 0.307 e. The molecule has 0 aromatic carbocycles. The predicted octanol–water partition coefficient (Wildman–Crippen LogP) is 1.44. The summed E-state index contributed by atoms with van der Waals surface area (Å²) in [6.45, 7) is 4.87. The second-order valence-corrected chi connectivity index (χ2v) is 8.33. The molecule has 2 fully saturated rings. The van der Waals surface area contributed by atoms with Crippen LogP contribution in [-0.4, -0.2) is 42.9 Å². The number of hydrogen-bond acceptors (Lipinski definition) is 3. The van der Waals surface area contributed by atoms with Crippen molar-refractivity contribution in [2.75, 3.05) is 13.1 Å². The molecule has 0 bridgehead atoms. The first-order valence-corrected chi connectivity index (χ1v) is 9.24. The van der Waals surface area contributed by atoms with E-state index in [1.807, 2.05) is 0 Å². The van der Waals surface area contributed by atoms with Gasteiger partial charge < -0.3 is 5.11 Å². The predicted molar refractivity (Wildman–Crippen MR) is 80.0 cm³/mol. The van der Waals surface area contributed by atoms with E-state index in [9.17, 15) is 13.2 Å². The van der Waals surface area contributed by atoms with Crippen LogP contribution in [0.3, 0.4) is 0 Å². The number of carboxylic acid groups (broad SMARTS) is 1. The third kappa shape index (κ3) is 4.17. The fraction of sp³-hybridized carbons (Fsp3) is 0.929. The SMILES string of the molecule is CC1CCC(NS(=O)(=O)N2CCCC(C(=O)O)C2)CC1C. The van der Waals surface area contributed by atoms with Crippen molar-refractivity contribution in [2.24, 2.45) is 17.8 Å². The van der Waals surface area contributed by atoms with Crippen molar-refractivity contribution >= 4 is 16.2 Å². The minimum absolute atomic E-state index is 0.0218.